The van der Waals surface area contributed by atoms with Crippen LogP contribution in [-0.2, 0) is 6.61 Å². The van der Waals surface area contributed by atoms with Gasteiger partial charge in [0.2, 0.25) is 0 Å². The second-order valence-corrected chi connectivity index (χ2v) is 5.88. The Hall–Kier alpha value is -0.320. The van der Waals surface area contributed by atoms with Gasteiger partial charge in [0.15, 0.2) is 5.13 Å². The van der Waals surface area contributed by atoms with Crippen molar-refractivity contribution in [2.45, 2.75) is 39.8 Å². The fourth-order valence-corrected chi connectivity index (χ4v) is 2.78. The van der Waals surface area contributed by atoms with Crippen molar-refractivity contribution in [2.24, 2.45) is 5.92 Å². The van der Waals surface area contributed by atoms with Crippen LogP contribution in [-0.4, -0.2) is 23.2 Å². The lowest BCUT2D eigenvalue weighted by atomic mass is 10.0. The lowest BCUT2D eigenvalue weighted by Crippen LogP contribution is -2.29. The van der Waals surface area contributed by atoms with Gasteiger partial charge in [0, 0.05) is 13.1 Å². The summed E-state index contributed by atoms with van der Waals surface area (Å²) in [5, 5.41) is 10.4. The summed E-state index contributed by atoms with van der Waals surface area (Å²) in [6.45, 7) is 6.55. The molecule has 1 rings (SSSR count). The minimum Gasteiger partial charge on any atom is -0.391 e. The van der Waals surface area contributed by atoms with Gasteiger partial charge in [-0.25, -0.2) is 4.98 Å². The van der Waals surface area contributed by atoms with Crippen molar-refractivity contribution in [3.05, 3.63) is 10.0 Å². The van der Waals surface area contributed by atoms with Gasteiger partial charge in [0.05, 0.1) is 11.5 Å². The van der Waals surface area contributed by atoms with E-state index in [0.717, 1.165) is 16.4 Å². The van der Waals surface area contributed by atoms with E-state index in [2.05, 4.69) is 30.7 Å². The lowest BCUT2D eigenvalue weighted by molar-refractivity contribution is 0.285. The highest BCUT2D eigenvalue weighted by Crippen LogP contribution is 2.30. The molecule has 0 saturated heterocycles. The number of aliphatic hydroxyl groups excluding tert-OH is 1. The number of thiazole rings is 1. The van der Waals surface area contributed by atoms with Crippen LogP contribution in [0.15, 0.2) is 0 Å². The zero-order chi connectivity index (χ0) is 12.3. The SMILES string of the molecule is CC(C)CC(C)N(C)c1nc(Cl)c(CO)s1. The Labute approximate surface area is 106 Å². The monoisotopic (exact) mass is 262 g/mol. The third-order valence-electron chi connectivity index (χ3n) is 2.56. The Bertz CT molecular complexity index is 341. The van der Waals surface area contributed by atoms with E-state index in [-0.39, 0.29) is 6.61 Å². The van der Waals surface area contributed by atoms with Gasteiger partial charge < -0.3 is 10.0 Å². The van der Waals surface area contributed by atoms with Crippen molar-refractivity contribution < 1.29 is 5.11 Å². The van der Waals surface area contributed by atoms with Crippen molar-refractivity contribution in [1.82, 2.24) is 4.98 Å². The summed E-state index contributed by atoms with van der Waals surface area (Å²) in [7, 11) is 2.02. The second-order valence-electron chi connectivity index (χ2n) is 4.46. The molecule has 0 aromatic carbocycles. The summed E-state index contributed by atoms with van der Waals surface area (Å²) in [5.41, 5.74) is 0. The fourth-order valence-electron chi connectivity index (χ4n) is 1.60. The molecule has 0 aliphatic heterocycles. The van der Waals surface area contributed by atoms with Crippen LogP contribution in [0.2, 0.25) is 5.15 Å². The van der Waals surface area contributed by atoms with E-state index in [0.29, 0.717) is 17.1 Å². The number of aliphatic hydroxyl groups is 1. The lowest BCUT2D eigenvalue weighted by Gasteiger charge is -2.25. The molecule has 0 bridgehead atoms. The molecule has 0 saturated carbocycles. The number of hydrogen-bond donors (Lipinski definition) is 1. The molecule has 0 aliphatic rings. The minimum absolute atomic E-state index is 0.0388. The predicted octanol–water partition coefficient (Wildman–Crippen LogP) is 3.16. The van der Waals surface area contributed by atoms with Crippen molar-refractivity contribution >= 4 is 28.1 Å². The van der Waals surface area contributed by atoms with E-state index < -0.39 is 0 Å². The molecule has 0 aliphatic carbocycles. The molecule has 0 fully saturated rings. The van der Waals surface area contributed by atoms with E-state index in [1.54, 1.807) is 0 Å². The Morgan fingerprint density at radius 2 is 2.06 bits per heavy atom. The van der Waals surface area contributed by atoms with Crippen LogP contribution in [0.3, 0.4) is 0 Å². The second kappa shape index (κ2) is 5.84. The van der Waals surface area contributed by atoms with E-state index in [1.807, 2.05) is 7.05 Å². The maximum absolute atomic E-state index is 9.07. The molecule has 0 radical (unpaired) electrons. The van der Waals surface area contributed by atoms with Gasteiger partial charge in [0.25, 0.3) is 0 Å². The first kappa shape index (κ1) is 13.7. The van der Waals surface area contributed by atoms with Gasteiger partial charge in [-0.1, -0.05) is 36.8 Å². The molecule has 1 unspecified atom stereocenters. The van der Waals surface area contributed by atoms with E-state index in [1.165, 1.54) is 11.3 Å². The van der Waals surface area contributed by atoms with Crippen LogP contribution in [0.5, 0.6) is 0 Å². The summed E-state index contributed by atoms with van der Waals surface area (Å²) < 4.78 is 0. The third kappa shape index (κ3) is 3.34. The standard InChI is InChI=1S/C11H19ClN2OS/c1-7(2)5-8(3)14(4)11-13-10(12)9(6-15)16-11/h7-8,15H,5-6H2,1-4H3. The van der Waals surface area contributed by atoms with Gasteiger partial charge in [-0.15, -0.1) is 0 Å². The summed E-state index contributed by atoms with van der Waals surface area (Å²) in [6.07, 6.45) is 1.11. The Kier molecular flexibility index (Phi) is 5.02. The zero-order valence-electron chi connectivity index (χ0n) is 10.2. The largest absolute Gasteiger partial charge is 0.391 e. The van der Waals surface area contributed by atoms with Gasteiger partial charge in [-0.2, -0.15) is 0 Å². The highest BCUT2D eigenvalue weighted by Gasteiger charge is 2.17. The summed E-state index contributed by atoms with van der Waals surface area (Å²) in [5.74, 6) is 0.658. The Morgan fingerprint density at radius 3 is 2.50 bits per heavy atom. The average molecular weight is 263 g/mol. The Balaban J connectivity index is 2.75. The average Bonchev–Trinajstić information content (AvgIpc) is 2.57. The topological polar surface area (TPSA) is 36.4 Å². The molecule has 1 N–H and O–H groups in total. The number of rotatable bonds is 5. The normalized spacial score (nSPS) is 13.2. The molecule has 1 aromatic rings. The van der Waals surface area contributed by atoms with Gasteiger partial charge in [-0.3, -0.25) is 0 Å². The predicted molar refractivity (Wildman–Crippen MR) is 70.4 cm³/mol. The number of hydrogen-bond acceptors (Lipinski definition) is 4. The van der Waals surface area contributed by atoms with Crippen LogP contribution in [0.4, 0.5) is 5.13 Å². The summed E-state index contributed by atoms with van der Waals surface area (Å²) >= 11 is 7.37. The number of nitrogens with zero attached hydrogens (tertiary/aromatic N) is 2. The quantitative estimate of drug-likeness (QED) is 0.886. The molecule has 1 heterocycles. The van der Waals surface area contributed by atoms with Crippen molar-refractivity contribution in [3.63, 3.8) is 0 Å². The van der Waals surface area contributed by atoms with Crippen LogP contribution in [0, 0.1) is 5.92 Å². The smallest absolute Gasteiger partial charge is 0.187 e. The van der Waals surface area contributed by atoms with Crippen molar-refractivity contribution in [3.8, 4) is 0 Å². The van der Waals surface area contributed by atoms with Crippen LogP contribution >= 0.6 is 22.9 Å². The van der Waals surface area contributed by atoms with Gasteiger partial charge >= 0.3 is 0 Å². The molecule has 0 amide bonds. The summed E-state index contributed by atoms with van der Waals surface area (Å²) in [6, 6.07) is 0.425. The molecular formula is C11H19ClN2OS. The van der Waals surface area contributed by atoms with E-state index in [4.69, 9.17) is 16.7 Å². The molecular weight excluding hydrogens is 244 g/mol. The van der Waals surface area contributed by atoms with Crippen LogP contribution < -0.4 is 4.90 Å². The number of anilines is 1. The van der Waals surface area contributed by atoms with Crippen LogP contribution in [0.1, 0.15) is 32.1 Å². The van der Waals surface area contributed by atoms with Crippen molar-refractivity contribution in [2.75, 3.05) is 11.9 Å². The van der Waals surface area contributed by atoms with E-state index >= 15 is 0 Å². The molecule has 1 aromatic heterocycles. The Morgan fingerprint density at radius 1 is 1.44 bits per heavy atom. The molecule has 1 atom stereocenters. The number of halogens is 1. The molecule has 0 spiro atoms. The molecule has 16 heavy (non-hydrogen) atoms. The third-order valence-corrected chi connectivity index (χ3v) is 4.11. The van der Waals surface area contributed by atoms with Gasteiger partial charge in [0.1, 0.15) is 5.15 Å². The maximum atomic E-state index is 9.07. The first-order valence-electron chi connectivity index (χ1n) is 5.44. The van der Waals surface area contributed by atoms with Crippen molar-refractivity contribution in [1.29, 1.82) is 0 Å². The van der Waals surface area contributed by atoms with E-state index in [9.17, 15) is 0 Å². The van der Waals surface area contributed by atoms with Crippen LogP contribution in [0.25, 0.3) is 0 Å². The minimum atomic E-state index is -0.0388. The molecule has 5 heteroatoms. The van der Waals surface area contributed by atoms with Gasteiger partial charge in [-0.05, 0) is 19.3 Å². The summed E-state index contributed by atoms with van der Waals surface area (Å²) in [4.78, 5) is 7.12. The molecule has 3 nitrogen and oxygen atoms in total. The highest BCUT2D eigenvalue weighted by molar-refractivity contribution is 7.16. The molecule has 92 valence electrons. The number of aromatic nitrogens is 1. The highest BCUT2D eigenvalue weighted by atomic mass is 35.5. The fraction of sp³-hybridized carbons (Fsp3) is 0.727. The first-order valence-corrected chi connectivity index (χ1v) is 6.64. The maximum Gasteiger partial charge on any atom is 0.187 e. The first-order chi connectivity index (χ1) is 7.45. The zero-order valence-corrected chi connectivity index (χ0v) is 11.8.